The fourth-order valence-corrected chi connectivity index (χ4v) is 4.93. The van der Waals surface area contributed by atoms with Crippen LogP contribution in [0.4, 0.5) is 11.4 Å². The summed E-state index contributed by atoms with van der Waals surface area (Å²) in [5.41, 5.74) is 2.40. The number of amides is 1. The van der Waals surface area contributed by atoms with Crippen LogP contribution in [0.2, 0.25) is 0 Å². The fraction of sp³-hybridized carbons (Fsp3) is 0.269. The van der Waals surface area contributed by atoms with E-state index in [-0.39, 0.29) is 18.0 Å². The molecule has 0 unspecified atom stereocenters. The first-order valence-corrected chi connectivity index (χ1v) is 12.5. The van der Waals surface area contributed by atoms with E-state index in [0.717, 1.165) is 37.7 Å². The molecule has 1 fully saturated rings. The minimum Gasteiger partial charge on any atom is -0.467 e. The monoisotopic (exact) mass is 490 g/mol. The molecule has 1 aliphatic rings. The number of thioether (sulfide) groups is 1. The van der Waals surface area contributed by atoms with Gasteiger partial charge in [-0.2, -0.15) is 0 Å². The van der Waals surface area contributed by atoms with Crippen molar-refractivity contribution in [3.63, 3.8) is 0 Å². The highest BCUT2D eigenvalue weighted by Crippen LogP contribution is 2.22. The topological polar surface area (TPSA) is 89.6 Å². The molecule has 0 radical (unpaired) electrons. The number of para-hydroxylation sites is 1. The van der Waals surface area contributed by atoms with Gasteiger partial charge in [0.2, 0.25) is 5.91 Å². The third-order valence-electron chi connectivity index (χ3n) is 5.81. The summed E-state index contributed by atoms with van der Waals surface area (Å²) in [5, 5.41) is 4.07. The summed E-state index contributed by atoms with van der Waals surface area (Å²) in [6.07, 6.45) is 1.87. The number of benzene rings is 2. The van der Waals surface area contributed by atoms with E-state index in [1.54, 1.807) is 23.0 Å². The van der Waals surface area contributed by atoms with Crippen molar-refractivity contribution < 1.29 is 13.9 Å². The van der Waals surface area contributed by atoms with Gasteiger partial charge in [0.15, 0.2) is 5.16 Å². The molecule has 1 saturated heterocycles. The Morgan fingerprint density at radius 1 is 1.03 bits per heavy atom. The van der Waals surface area contributed by atoms with Crippen molar-refractivity contribution in [2.45, 2.75) is 18.1 Å². The lowest BCUT2D eigenvalue weighted by Crippen LogP contribution is -2.36. The van der Waals surface area contributed by atoms with Gasteiger partial charge in [0.25, 0.3) is 5.56 Å². The van der Waals surface area contributed by atoms with Crippen LogP contribution in [0.1, 0.15) is 12.2 Å². The van der Waals surface area contributed by atoms with Crippen molar-refractivity contribution in [3.05, 3.63) is 83.0 Å². The van der Waals surface area contributed by atoms with Crippen LogP contribution in [-0.2, 0) is 16.1 Å². The lowest BCUT2D eigenvalue weighted by atomic mass is 10.2. The van der Waals surface area contributed by atoms with E-state index in [9.17, 15) is 9.59 Å². The van der Waals surface area contributed by atoms with Crippen molar-refractivity contribution in [2.24, 2.45) is 0 Å². The molecule has 0 aliphatic carbocycles. The highest BCUT2D eigenvalue weighted by atomic mass is 32.2. The third-order valence-corrected chi connectivity index (χ3v) is 6.79. The molecule has 1 aliphatic heterocycles. The minimum absolute atomic E-state index is 0.0858. The number of anilines is 2. The zero-order valence-corrected chi connectivity index (χ0v) is 20.0. The first-order valence-electron chi connectivity index (χ1n) is 11.5. The van der Waals surface area contributed by atoms with Gasteiger partial charge in [0.05, 0.1) is 36.9 Å². The van der Waals surface area contributed by atoms with Crippen LogP contribution in [0.15, 0.2) is 81.3 Å². The molecule has 0 atom stereocenters. The third kappa shape index (κ3) is 5.58. The smallest absolute Gasteiger partial charge is 0.262 e. The Morgan fingerprint density at radius 2 is 1.83 bits per heavy atom. The summed E-state index contributed by atoms with van der Waals surface area (Å²) in [6.45, 7) is 3.50. The van der Waals surface area contributed by atoms with Crippen molar-refractivity contribution in [3.8, 4) is 0 Å². The maximum atomic E-state index is 13.1. The number of nitrogens with zero attached hydrogens (tertiary/aromatic N) is 3. The van der Waals surface area contributed by atoms with E-state index in [0.29, 0.717) is 34.0 Å². The van der Waals surface area contributed by atoms with Crippen LogP contribution in [0.5, 0.6) is 0 Å². The van der Waals surface area contributed by atoms with Gasteiger partial charge in [-0.1, -0.05) is 23.9 Å². The molecule has 35 heavy (non-hydrogen) atoms. The second-order valence-electron chi connectivity index (χ2n) is 8.18. The highest BCUT2D eigenvalue weighted by Gasteiger charge is 2.14. The summed E-state index contributed by atoms with van der Waals surface area (Å²) >= 11 is 1.39. The van der Waals surface area contributed by atoms with Crippen molar-refractivity contribution in [1.82, 2.24) is 9.55 Å². The summed E-state index contributed by atoms with van der Waals surface area (Å²) in [5.74, 6) is 1.07. The van der Waals surface area contributed by atoms with Gasteiger partial charge in [-0.05, 0) is 48.5 Å². The predicted molar refractivity (Wildman–Crippen MR) is 137 cm³/mol. The Morgan fingerprint density at radius 3 is 2.60 bits per heavy atom. The molecule has 5 rings (SSSR count). The number of aromatic nitrogens is 2. The summed E-state index contributed by atoms with van der Waals surface area (Å²) in [4.78, 5) is 32.6. The zero-order chi connectivity index (χ0) is 24.0. The molecule has 2 aromatic heterocycles. The first kappa shape index (κ1) is 23.2. The Hall–Kier alpha value is -3.56. The largest absolute Gasteiger partial charge is 0.467 e. The average molecular weight is 491 g/mol. The number of hydrogen-bond acceptors (Lipinski definition) is 7. The van der Waals surface area contributed by atoms with Gasteiger partial charge in [-0.25, -0.2) is 4.98 Å². The number of rotatable bonds is 8. The number of hydrogen-bond donors (Lipinski definition) is 1. The van der Waals surface area contributed by atoms with E-state index >= 15 is 0 Å². The number of ether oxygens (including phenoxy) is 1. The normalized spacial score (nSPS) is 13.8. The molecule has 3 heterocycles. The number of carbonyl (C=O) groups is 1. The standard InChI is InChI=1S/C26H26N4O4S/c31-24(27-19-7-9-20(10-8-19)29-12-15-33-16-13-29)11-17-35-26-28-23-6-2-1-5-22(23)25(32)30(26)18-21-4-3-14-34-21/h1-10,14H,11-13,15-18H2,(H,27,31). The van der Waals surface area contributed by atoms with E-state index < -0.39 is 0 Å². The molecule has 0 bridgehead atoms. The van der Waals surface area contributed by atoms with Crippen LogP contribution in [0.3, 0.4) is 0 Å². The number of carbonyl (C=O) groups excluding carboxylic acids is 1. The Kier molecular flexibility index (Phi) is 7.15. The summed E-state index contributed by atoms with van der Waals surface area (Å²) in [6, 6.07) is 18.8. The molecule has 9 heteroatoms. The van der Waals surface area contributed by atoms with Crippen LogP contribution < -0.4 is 15.8 Å². The van der Waals surface area contributed by atoms with Crippen LogP contribution in [-0.4, -0.2) is 47.5 Å². The second kappa shape index (κ2) is 10.8. The van der Waals surface area contributed by atoms with Gasteiger partial charge >= 0.3 is 0 Å². The van der Waals surface area contributed by atoms with Gasteiger partial charge in [0, 0.05) is 36.6 Å². The second-order valence-corrected chi connectivity index (χ2v) is 9.24. The molecule has 8 nitrogen and oxygen atoms in total. The number of morpholine rings is 1. The fourth-order valence-electron chi connectivity index (χ4n) is 3.99. The van der Waals surface area contributed by atoms with Gasteiger partial charge in [-0.3, -0.25) is 14.2 Å². The predicted octanol–water partition coefficient (Wildman–Crippen LogP) is 4.00. The number of fused-ring (bicyclic) bond motifs is 1. The zero-order valence-electron chi connectivity index (χ0n) is 19.2. The Bertz CT molecular complexity index is 1350. The number of furan rings is 1. The van der Waals surface area contributed by atoms with Crippen molar-refractivity contribution in [1.29, 1.82) is 0 Å². The molecular weight excluding hydrogens is 464 g/mol. The molecule has 4 aromatic rings. The molecule has 2 aromatic carbocycles. The quantitative estimate of drug-likeness (QED) is 0.295. The van der Waals surface area contributed by atoms with Crippen molar-refractivity contribution in [2.75, 3.05) is 42.3 Å². The first-order chi connectivity index (χ1) is 17.2. The average Bonchev–Trinajstić information content (AvgIpc) is 3.41. The van der Waals surface area contributed by atoms with E-state index in [1.807, 2.05) is 48.5 Å². The van der Waals surface area contributed by atoms with Crippen LogP contribution in [0.25, 0.3) is 10.9 Å². The lowest BCUT2D eigenvalue weighted by molar-refractivity contribution is -0.115. The van der Waals surface area contributed by atoms with E-state index in [2.05, 4.69) is 10.2 Å². The Balaban J connectivity index is 1.23. The number of nitrogens with one attached hydrogen (secondary N) is 1. The molecule has 0 saturated carbocycles. The molecule has 180 valence electrons. The van der Waals surface area contributed by atoms with Gasteiger partial charge in [0.1, 0.15) is 5.76 Å². The maximum absolute atomic E-state index is 13.1. The van der Waals surface area contributed by atoms with E-state index in [4.69, 9.17) is 14.1 Å². The minimum atomic E-state index is -0.126. The lowest BCUT2D eigenvalue weighted by Gasteiger charge is -2.28. The van der Waals surface area contributed by atoms with Crippen molar-refractivity contribution >= 4 is 39.9 Å². The van der Waals surface area contributed by atoms with E-state index in [1.165, 1.54) is 11.8 Å². The van der Waals surface area contributed by atoms with Crippen LogP contribution in [0, 0.1) is 0 Å². The maximum Gasteiger partial charge on any atom is 0.262 e. The summed E-state index contributed by atoms with van der Waals surface area (Å²) in [7, 11) is 0. The van der Waals surface area contributed by atoms with Crippen LogP contribution >= 0.6 is 11.8 Å². The summed E-state index contributed by atoms with van der Waals surface area (Å²) < 4.78 is 12.5. The Labute approximate surface area is 206 Å². The van der Waals surface area contributed by atoms with Gasteiger partial charge < -0.3 is 19.4 Å². The highest BCUT2D eigenvalue weighted by molar-refractivity contribution is 7.99. The molecule has 1 N–H and O–H groups in total. The van der Waals surface area contributed by atoms with Gasteiger partial charge in [-0.15, -0.1) is 0 Å². The molecular formula is C26H26N4O4S. The molecule has 0 spiro atoms. The SMILES string of the molecule is O=C(CCSc1nc2ccccc2c(=O)n1Cc1ccco1)Nc1ccc(N2CCOCC2)cc1. The molecule has 1 amide bonds.